The second kappa shape index (κ2) is 5.92. The van der Waals surface area contributed by atoms with Gasteiger partial charge < -0.3 is 16.2 Å². The lowest BCUT2D eigenvalue weighted by Gasteiger charge is -2.12. The molecule has 2 aromatic carbocycles. The Hall–Kier alpha value is -2.41. The van der Waals surface area contributed by atoms with Crippen LogP contribution in [0.5, 0.6) is 0 Å². The number of carboxylic acids is 1. The van der Waals surface area contributed by atoms with Crippen LogP contribution >= 0.6 is 15.9 Å². The SMILES string of the molecule is Nc1c(F)cccc1C(=O)Nc1c(Br)cccc1C(=O)O. The Morgan fingerprint density at radius 2 is 1.76 bits per heavy atom. The number of hydrogen-bond donors (Lipinski definition) is 3. The number of benzene rings is 2. The van der Waals surface area contributed by atoms with Gasteiger partial charge in [-0.1, -0.05) is 12.1 Å². The topological polar surface area (TPSA) is 92.4 Å². The highest BCUT2D eigenvalue weighted by Crippen LogP contribution is 2.28. The molecule has 2 aromatic rings. The van der Waals surface area contributed by atoms with E-state index in [2.05, 4.69) is 21.2 Å². The van der Waals surface area contributed by atoms with Crippen LogP contribution in [0.2, 0.25) is 0 Å². The van der Waals surface area contributed by atoms with Gasteiger partial charge in [-0.25, -0.2) is 9.18 Å². The molecule has 5 nitrogen and oxygen atoms in total. The molecule has 2 rings (SSSR count). The van der Waals surface area contributed by atoms with E-state index in [1.54, 1.807) is 6.07 Å². The monoisotopic (exact) mass is 352 g/mol. The van der Waals surface area contributed by atoms with Crippen LogP contribution < -0.4 is 11.1 Å². The average Bonchev–Trinajstić information content (AvgIpc) is 2.43. The number of nitrogens with two attached hydrogens (primary N) is 1. The van der Waals surface area contributed by atoms with Gasteiger partial charge in [0, 0.05) is 4.47 Å². The highest BCUT2D eigenvalue weighted by molar-refractivity contribution is 9.10. The number of carboxylic acid groups (broad SMARTS) is 1. The quantitative estimate of drug-likeness (QED) is 0.740. The molecule has 0 bridgehead atoms. The molecule has 0 aliphatic heterocycles. The van der Waals surface area contributed by atoms with Crippen LogP contribution in [0.4, 0.5) is 15.8 Å². The van der Waals surface area contributed by atoms with Crippen LogP contribution in [-0.2, 0) is 0 Å². The van der Waals surface area contributed by atoms with Gasteiger partial charge in [0.2, 0.25) is 0 Å². The number of carbonyl (C=O) groups is 2. The van der Waals surface area contributed by atoms with Crippen LogP contribution in [0.1, 0.15) is 20.7 Å². The molecule has 0 spiro atoms. The van der Waals surface area contributed by atoms with Gasteiger partial charge in [-0.05, 0) is 40.2 Å². The Balaban J connectivity index is 2.41. The number of anilines is 2. The first kappa shape index (κ1) is 15.0. The van der Waals surface area contributed by atoms with E-state index < -0.39 is 17.7 Å². The zero-order valence-electron chi connectivity index (χ0n) is 10.6. The van der Waals surface area contributed by atoms with Crippen molar-refractivity contribution >= 4 is 39.2 Å². The minimum Gasteiger partial charge on any atom is -0.478 e. The molecule has 0 unspecified atom stereocenters. The van der Waals surface area contributed by atoms with Crippen LogP contribution in [0.15, 0.2) is 40.9 Å². The standard InChI is InChI=1S/C14H10BrFN2O3/c15-9-5-1-4-8(14(20)21)12(9)18-13(19)7-3-2-6-10(16)11(7)17/h1-6H,17H2,(H,18,19)(H,20,21). The molecule has 0 fully saturated rings. The lowest BCUT2D eigenvalue weighted by atomic mass is 10.1. The van der Waals surface area contributed by atoms with E-state index in [1.165, 1.54) is 24.3 Å². The summed E-state index contributed by atoms with van der Waals surface area (Å²) in [4.78, 5) is 23.3. The van der Waals surface area contributed by atoms with Gasteiger partial charge in [-0.2, -0.15) is 0 Å². The third-order valence-corrected chi connectivity index (χ3v) is 3.44. The summed E-state index contributed by atoms with van der Waals surface area (Å²) >= 11 is 3.17. The molecule has 108 valence electrons. The molecular weight excluding hydrogens is 343 g/mol. The third-order valence-electron chi connectivity index (χ3n) is 2.78. The van der Waals surface area contributed by atoms with Gasteiger partial charge >= 0.3 is 5.97 Å². The Bertz CT molecular complexity index is 734. The summed E-state index contributed by atoms with van der Waals surface area (Å²) < 4.78 is 13.8. The zero-order chi connectivity index (χ0) is 15.6. The molecule has 0 heterocycles. The Morgan fingerprint density at radius 1 is 1.14 bits per heavy atom. The fourth-order valence-electron chi connectivity index (χ4n) is 1.75. The summed E-state index contributed by atoms with van der Waals surface area (Å²) in [6, 6.07) is 8.28. The summed E-state index contributed by atoms with van der Waals surface area (Å²) in [5.74, 6) is -2.60. The number of para-hydroxylation sites is 2. The van der Waals surface area contributed by atoms with E-state index in [0.29, 0.717) is 4.47 Å². The van der Waals surface area contributed by atoms with Crippen molar-refractivity contribution in [1.29, 1.82) is 0 Å². The van der Waals surface area contributed by atoms with E-state index in [9.17, 15) is 14.0 Å². The van der Waals surface area contributed by atoms with Gasteiger partial charge in [0.05, 0.1) is 22.5 Å². The molecule has 7 heteroatoms. The van der Waals surface area contributed by atoms with Gasteiger partial charge in [-0.15, -0.1) is 0 Å². The molecule has 0 aromatic heterocycles. The van der Waals surface area contributed by atoms with Crippen LogP contribution in [0, 0.1) is 5.82 Å². The first-order chi connectivity index (χ1) is 9.91. The second-order valence-corrected chi connectivity index (χ2v) is 4.98. The minimum absolute atomic E-state index is 0.0675. The summed E-state index contributed by atoms with van der Waals surface area (Å²) in [5, 5.41) is 11.5. The number of amides is 1. The Morgan fingerprint density at radius 3 is 2.43 bits per heavy atom. The second-order valence-electron chi connectivity index (χ2n) is 4.12. The summed E-state index contributed by atoms with van der Waals surface area (Å²) in [5.41, 5.74) is 5.14. The number of nitrogen functional groups attached to an aromatic ring is 1. The normalized spacial score (nSPS) is 10.2. The number of carbonyl (C=O) groups excluding carboxylic acids is 1. The van der Waals surface area contributed by atoms with Crippen molar-refractivity contribution in [3.63, 3.8) is 0 Å². The van der Waals surface area contributed by atoms with Crippen molar-refractivity contribution in [3.8, 4) is 0 Å². The molecular formula is C14H10BrFN2O3. The maximum atomic E-state index is 13.4. The molecule has 0 saturated carbocycles. The van der Waals surface area contributed by atoms with E-state index >= 15 is 0 Å². The highest BCUT2D eigenvalue weighted by Gasteiger charge is 2.18. The maximum Gasteiger partial charge on any atom is 0.337 e. The predicted octanol–water partition coefficient (Wildman–Crippen LogP) is 3.12. The van der Waals surface area contributed by atoms with Crippen molar-refractivity contribution in [2.45, 2.75) is 0 Å². The third kappa shape index (κ3) is 3.03. The molecule has 0 saturated heterocycles. The fraction of sp³-hybridized carbons (Fsp3) is 0. The Kier molecular flexibility index (Phi) is 4.23. The van der Waals surface area contributed by atoms with Crippen LogP contribution in [-0.4, -0.2) is 17.0 Å². The predicted molar refractivity (Wildman–Crippen MR) is 79.9 cm³/mol. The smallest absolute Gasteiger partial charge is 0.337 e. The molecule has 4 N–H and O–H groups in total. The van der Waals surface area contributed by atoms with Crippen molar-refractivity contribution in [2.24, 2.45) is 0 Å². The van der Waals surface area contributed by atoms with Crippen LogP contribution in [0.25, 0.3) is 0 Å². The number of nitrogens with one attached hydrogen (secondary N) is 1. The number of rotatable bonds is 3. The van der Waals surface area contributed by atoms with E-state index in [0.717, 1.165) is 6.07 Å². The van der Waals surface area contributed by atoms with E-state index in [1.807, 2.05) is 0 Å². The van der Waals surface area contributed by atoms with Crippen molar-refractivity contribution in [2.75, 3.05) is 11.1 Å². The fourth-order valence-corrected chi connectivity index (χ4v) is 2.21. The Labute approximate surface area is 127 Å². The average molecular weight is 353 g/mol. The van der Waals surface area contributed by atoms with Gasteiger partial charge in [0.1, 0.15) is 5.82 Å². The molecule has 0 atom stereocenters. The largest absolute Gasteiger partial charge is 0.478 e. The van der Waals surface area contributed by atoms with Gasteiger partial charge in [0.25, 0.3) is 5.91 Å². The highest BCUT2D eigenvalue weighted by atomic mass is 79.9. The number of hydrogen-bond acceptors (Lipinski definition) is 3. The van der Waals surface area contributed by atoms with Gasteiger partial charge in [0.15, 0.2) is 0 Å². The molecule has 0 radical (unpaired) electrons. The summed E-state index contributed by atoms with van der Waals surface area (Å²) in [7, 11) is 0. The maximum absolute atomic E-state index is 13.4. The lowest BCUT2D eigenvalue weighted by Crippen LogP contribution is -2.17. The molecule has 1 amide bonds. The first-order valence-corrected chi connectivity index (χ1v) is 6.58. The molecule has 21 heavy (non-hydrogen) atoms. The molecule has 0 aliphatic carbocycles. The van der Waals surface area contributed by atoms with Gasteiger partial charge in [-0.3, -0.25) is 4.79 Å². The van der Waals surface area contributed by atoms with Crippen molar-refractivity contribution in [1.82, 2.24) is 0 Å². The summed E-state index contributed by atoms with van der Waals surface area (Å²) in [6.45, 7) is 0. The van der Waals surface area contributed by atoms with Crippen molar-refractivity contribution < 1.29 is 19.1 Å². The van der Waals surface area contributed by atoms with E-state index in [-0.39, 0.29) is 22.5 Å². The zero-order valence-corrected chi connectivity index (χ0v) is 12.1. The number of aromatic carboxylic acids is 1. The number of halogens is 2. The minimum atomic E-state index is -1.20. The van der Waals surface area contributed by atoms with E-state index in [4.69, 9.17) is 10.8 Å². The van der Waals surface area contributed by atoms with Crippen molar-refractivity contribution in [3.05, 3.63) is 57.8 Å². The summed E-state index contributed by atoms with van der Waals surface area (Å²) in [6.07, 6.45) is 0. The van der Waals surface area contributed by atoms with Crippen LogP contribution in [0.3, 0.4) is 0 Å². The first-order valence-electron chi connectivity index (χ1n) is 5.79. The molecule has 0 aliphatic rings. The lowest BCUT2D eigenvalue weighted by molar-refractivity contribution is 0.0698.